The number of nitrogens with one attached hydrogen (secondary N) is 1. The van der Waals surface area contributed by atoms with Gasteiger partial charge < -0.3 is 10.1 Å². The molecule has 2 aromatic rings. The third kappa shape index (κ3) is 4.29. The molecule has 9 heteroatoms. The standard InChI is InChI=1S/C17H21N3O5S/c1-10-15(11(2)20(4)19-10)18-16(21)12(3)25-17(22)13-6-8-14(9-7-13)26(5,23)24/h6-9,12H,1-5H3,(H,18,21)/t12-/m1/s1. The van der Waals surface area contributed by atoms with E-state index in [2.05, 4.69) is 10.4 Å². The number of benzene rings is 1. The zero-order valence-electron chi connectivity index (χ0n) is 15.2. The van der Waals surface area contributed by atoms with Gasteiger partial charge in [0.05, 0.1) is 27.5 Å². The number of carbonyl (C=O) groups is 2. The molecule has 0 unspecified atom stereocenters. The average molecular weight is 379 g/mol. The van der Waals surface area contributed by atoms with E-state index in [0.29, 0.717) is 11.4 Å². The Labute approximate surface area is 152 Å². The van der Waals surface area contributed by atoms with E-state index in [0.717, 1.165) is 11.9 Å². The minimum absolute atomic E-state index is 0.0994. The van der Waals surface area contributed by atoms with Crippen molar-refractivity contribution in [2.24, 2.45) is 7.05 Å². The van der Waals surface area contributed by atoms with E-state index in [1.54, 1.807) is 18.7 Å². The van der Waals surface area contributed by atoms with E-state index in [4.69, 9.17) is 4.74 Å². The number of nitrogens with zero attached hydrogens (tertiary/aromatic N) is 2. The van der Waals surface area contributed by atoms with Crippen molar-refractivity contribution >= 4 is 27.4 Å². The van der Waals surface area contributed by atoms with E-state index < -0.39 is 27.8 Å². The molecule has 1 atom stereocenters. The van der Waals surface area contributed by atoms with Gasteiger partial charge in [-0.2, -0.15) is 5.10 Å². The van der Waals surface area contributed by atoms with Crippen LogP contribution in [0.2, 0.25) is 0 Å². The molecule has 0 aliphatic heterocycles. The van der Waals surface area contributed by atoms with Crippen LogP contribution in [0.3, 0.4) is 0 Å². The van der Waals surface area contributed by atoms with Crippen LogP contribution < -0.4 is 5.32 Å². The highest BCUT2D eigenvalue weighted by Gasteiger charge is 2.22. The number of sulfone groups is 1. The summed E-state index contributed by atoms with van der Waals surface area (Å²) in [5.74, 6) is -1.20. The molecule has 0 aliphatic rings. The van der Waals surface area contributed by atoms with E-state index in [1.165, 1.54) is 31.2 Å². The number of hydrogen-bond acceptors (Lipinski definition) is 6. The van der Waals surface area contributed by atoms with Crippen LogP contribution in [0.5, 0.6) is 0 Å². The zero-order chi connectivity index (χ0) is 19.6. The van der Waals surface area contributed by atoms with Crippen molar-refractivity contribution in [3.8, 4) is 0 Å². The van der Waals surface area contributed by atoms with Crippen LogP contribution in [-0.4, -0.2) is 42.4 Å². The van der Waals surface area contributed by atoms with Gasteiger partial charge in [0.1, 0.15) is 0 Å². The summed E-state index contributed by atoms with van der Waals surface area (Å²) in [5.41, 5.74) is 2.18. The smallest absolute Gasteiger partial charge is 0.338 e. The fraction of sp³-hybridized carbons (Fsp3) is 0.353. The van der Waals surface area contributed by atoms with Crippen molar-refractivity contribution in [3.05, 3.63) is 41.2 Å². The summed E-state index contributed by atoms with van der Waals surface area (Å²) < 4.78 is 29.7. The largest absolute Gasteiger partial charge is 0.449 e. The summed E-state index contributed by atoms with van der Waals surface area (Å²) in [4.78, 5) is 24.5. The van der Waals surface area contributed by atoms with Gasteiger partial charge in [-0.05, 0) is 45.0 Å². The third-order valence-electron chi connectivity index (χ3n) is 3.93. The fourth-order valence-electron chi connectivity index (χ4n) is 2.30. The first-order chi connectivity index (χ1) is 12.0. The highest BCUT2D eigenvalue weighted by Crippen LogP contribution is 2.19. The van der Waals surface area contributed by atoms with Gasteiger partial charge in [-0.25, -0.2) is 13.2 Å². The number of carbonyl (C=O) groups excluding carboxylic acids is 2. The molecular weight excluding hydrogens is 358 g/mol. The number of aryl methyl sites for hydroxylation is 2. The van der Waals surface area contributed by atoms with Gasteiger partial charge in [-0.1, -0.05) is 0 Å². The Morgan fingerprint density at radius 2 is 1.77 bits per heavy atom. The molecule has 1 aromatic carbocycles. The van der Waals surface area contributed by atoms with Crippen molar-refractivity contribution in [2.45, 2.75) is 31.8 Å². The molecule has 0 spiro atoms. The van der Waals surface area contributed by atoms with Gasteiger partial charge in [-0.3, -0.25) is 9.48 Å². The monoisotopic (exact) mass is 379 g/mol. The number of rotatable bonds is 5. The Morgan fingerprint density at radius 3 is 2.23 bits per heavy atom. The molecule has 1 heterocycles. The lowest BCUT2D eigenvalue weighted by atomic mass is 10.2. The number of hydrogen-bond donors (Lipinski definition) is 1. The second kappa shape index (κ2) is 7.28. The second-order valence-electron chi connectivity index (χ2n) is 6.00. The van der Waals surface area contributed by atoms with Gasteiger partial charge in [-0.15, -0.1) is 0 Å². The molecule has 1 N–H and O–H groups in total. The minimum Gasteiger partial charge on any atom is -0.449 e. The molecule has 1 amide bonds. The van der Waals surface area contributed by atoms with Crippen molar-refractivity contribution < 1.29 is 22.7 Å². The molecule has 0 saturated carbocycles. The molecule has 0 saturated heterocycles. The Morgan fingerprint density at radius 1 is 1.19 bits per heavy atom. The third-order valence-corrected chi connectivity index (χ3v) is 5.06. The maximum Gasteiger partial charge on any atom is 0.338 e. The molecular formula is C17H21N3O5S. The van der Waals surface area contributed by atoms with Crippen LogP contribution in [-0.2, 0) is 26.4 Å². The molecule has 140 valence electrons. The van der Waals surface area contributed by atoms with Gasteiger partial charge in [0, 0.05) is 13.3 Å². The average Bonchev–Trinajstić information content (AvgIpc) is 2.80. The molecule has 0 bridgehead atoms. The zero-order valence-corrected chi connectivity index (χ0v) is 16.0. The first-order valence-corrected chi connectivity index (χ1v) is 9.72. The molecule has 0 fully saturated rings. The second-order valence-corrected chi connectivity index (χ2v) is 8.02. The quantitative estimate of drug-likeness (QED) is 0.791. The Balaban J connectivity index is 2.05. The van der Waals surface area contributed by atoms with Crippen LogP contribution in [0, 0.1) is 13.8 Å². The lowest BCUT2D eigenvalue weighted by molar-refractivity contribution is -0.123. The number of anilines is 1. The molecule has 26 heavy (non-hydrogen) atoms. The number of ether oxygens (including phenoxy) is 1. The molecule has 8 nitrogen and oxygen atoms in total. The Hall–Kier alpha value is -2.68. The SMILES string of the molecule is Cc1nn(C)c(C)c1NC(=O)[C@@H](C)OC(=O)c1ccc(S(C)(=O)=O)cc1. The summed E-state index contributed by atoms with van der Waals surface area (Å²) in [5, 5.41) is 6.91. The van der Waals surface area contributed by atoms with E-state index in [-0.39, 0.29) is 10.5 Å². The fourth-order valence-corrected chi connectivity index (χ4v) is 2.93. The van der Waals surface area contributed by atoms with Gasteiger partial charge >= 0.3 is 5.97 Å². The summed E-state index contributed by atoms with van der Waals surface area (Å²) in [6, 6.07) is 5.33. The Kier molecular flexibility index (Phi) is 5.50. The van der Waals surface area contributed by atoms with Crippen molar-refractivity contribution in [2.75, 3.05) is 11.6 Å². The van der Waals surface area contributed by atoms with Crippen molar-refractivity contribution in [1.82, 2.24) is 9.78 Å². The van der Waals surface area contributed by atoms with Crippen LogP contribution in [0.25, 0.3) is 0 Å². The molecule has 1 aromatic heterocycles. The summed E-state index contributed by atoms with van der Waals surface area (Å²) >= 11 is 0. The molecule has 2 rings (SSSR count). The van der Waals surface area contributed by atoms with Crippen LogP contribution in [0.15, 0.2) is 29.2 Å². The highest BCUT2D eigenvalue weighted by atomic mass is 32.2. The first-order valence-electron chi connectivity index (χ1n) is 7.83. The number of aromatic nitrogens is 2. The van der Waals surface area contributed by atoms with Crippen LogP contribution >= 0.6 is 0 Å². The van der Waals surface area contributed by atoms with E-state index in [9.17, 15) is 18.0 Å². The van der Waals surface area contributed by atoms with Gasteiger partial charge in [0.2, 0.25) is 0 Å². The van der Waals surface area contributed by atoms with Crippen LogP contribution in [0.1, 0.15) is 28.7 Å². The predicted octanol–water partition coefficient (Wildman–Crippen LogP) is 1.62. The van der Waals surface area contributed by atoms with Crippen molar-refractivity contribution in [3.63, 3.8) is 0 Å². The molecule has 0 aliphatic carbocycles. The van der Waals surface area contributed by atoms with E-state index >= 15 is 0 Å². The van der Waals surface area contributed by atoms with Crippen molar-refractivity contribution in [1.29, 1.82) is 0 Å². The van der Waals surface area contributed by atoms with Gasteiger partial charge in [0.25, 0.3) is 5.91 Å². The van der Waals surface area contributed by atoms with E-state index in [1.807, 2.05) is 6.92 Å². The van der Waals surface area contributed by atoms with Gasteiger partial charge in [0.15, 0.2) is 15.9 Å². The lowest BCUT2D eigenvalue weighted by Crippen LogP contribution is -2.30. The topological polar surface area (TPSA) is 107 Å². The minimum atomic E-state index is -3.35. The number of amides is 1. The maximum atomic E-state index is 12.3. The summed E-state index contributed by atoms with van der Waals surface area (Å²) in [6.45, 7) is 5.04. The molecule has 0 radical (unpaired) electrons. The lowest BCUT2D eigenvalue weighted by Gasteiger charge is -2.14. The Bertz CT molecular complexity index is 946. The maximum absolute atomic E-state index is 12.3. The first kappa shape index (κ1) is 19.6. The normalized spacial score (nSPS) is 12.5. The predicted molar refractivity (Wildman–Crippen MR) is 95.7 cm³/mol. The summed E-state index contributed by atoms with van der Waals surface area (Å²) in [7, 11) is -1.58. The summed E-state index contributed by atoms with van der Waals surface area (Å²) in [6.07, 6.45) is 0.0471. The number of esters is 1. The van der Waals surface area contributed by atoms with Crippen LogP contribution in [0.4, 0.5) is 5.69 Å². The highest BCUT2D eigenvalue weighted by molar-refractivity contribution is 7.90.